The number of para-hydroxylation sites is 1. The lowest BCUT2D eigenvalue weighted by atomic mass is 10.2. The number of aryl methyl sites for hydroxylation is 1. The first-order valence-corrected chi connectivity index (χ1v) is 7.47. The van der Waals surface area contributed by atoms with E-state index in [0.717, 1.165) is 5.56 Å². The van der Waals surface area contributed by atoms with Crippen LogP contribution in [0.25, 0.3) is 5.69 Å². The van der Waals surface area contributed by atoms with Gasteiger partial charge in [-0.15, -0.1) is 0 Å². The van der Waals surface area contributed by atoms with Crippen molar-refractivity contribution in [1.82, 2.24) is 14.3 Å². The van der Waals surface area contributed by atoms with Crippen LogP contribution in [-0.2, 0) is 6.54 Å². The molecular formula is C16H13Cl2N3O. The summed E-state index contributed by atoms with van der Waals surface area (Å²) in [5.74, 6) is 0.590. The molecule has 0 aliphatic heterocycles. The predicted molar refractivity (Wildman–Crippen MR) is 88.1 cm³/mol. The highest BCUT2D eigenvalue weighted by atomic mass is 35.5. The van der Waals surface area contributed by atoms with E-state index in [1.165, 1.54) is 9.25 Å². The summed E-state index contributed by atoms with van der Waals surface area (Å²) in [6, 6.07) is 14.5. The quantitative estimate of drug-likeness (QED) is 0.733. The lowest BCUT2D eigenvalue weighted by molar-refractivity contribution is 0.651. The van der Waals surface area contributed by atoms with Crippen molar-refractivity contribution < 1.29 is 0 Å². The van der Waals surface area contributed by atoms with Gasteiger partial charge in [0.2, 0.25) is 0 Å². The Morgan fingerprint density at radius 3 is 2.41 bits per heavy atom. The fraction of sp³-hybridized carbons (Fsp3) is 0.125. The molecule has 0 spiro atoms. The Bertz CT molecular complexity index is 866. The molecule has 0 atom stereocenters. The van der Waals surface area contributed by atoms with Crippen LogP contribution in [0.15, 0.2) is 53.3 Å². The number of halogens is 2. The molecule has 0 aliphatic carbocycles. The van der Waals surface area contributed by atoms with E-state index >= 15 is 0 Å². The summed E-state index contributed by atoms with van der Waals surface area (Å²) in [6.07, 6.45) is 0. The van der Waals surface area contributed by atoms with E-state index in [1.807, 2.05) is 24.3 Å². The molecule has 1 heterocycles. The maximum atomic E-state index is 12.6. The molecule has 3 rings (SSSR count). The van der Waals surface area contributed by atoms with Crippen molar-refractivity contribution in [2.45, 2.75) is 13.5 Å². The van der Waals surface area contributed by atoms with Crippen LogP contribution in [0.1, 0.15) is 11.4 Å². The van der Waals surface area contributed by atoms with Gasteiger partial charge in [-0.25, -0.2) is 14.0 Å². The Morgan fingerprint density at radius 2 is 1.73 bits per heavy atom. The van der Waals surface area contributed by atoms with Gasteiger partial charge in [-0.2, -0.15) is 5.10 Å². The van der Waals surface area contributed by atoms with Crippen LogP contribution in [0.4, 0.5) is 0 Å². The number of hydrogen-bond donors (Lipinski definition) is 0. The Hall–Kier alpha value is -2.04. The average molecular weight is 334 g/mol. The molecule has 2 aromatic carbocycles. The van der Waals surface area contributed by atoms with Crippen molar-refractivity contribution >= 4 is 23.2 Å². The summed E-state index contributed by atoms with van der Waals surface area (Å²) >= 11 is 12.0. The van der Waals surface area contributed by atoms with Crippen LogP contribution in [-0.4, -0.2) is 14.3 Å². The molecule has 0 aliphatic rings. The molecule has 3 aromatic rings. The second kappa shape index (κ2) is 5.99. The Kier molecular flexibility index (Phi) is 4.05. The molecule has 112 valence electrons. The zero-order valence-corrected chi connectivity index (χ0v) is 13.3. The van der Waals surface area contributed by atoms with Crippen molar-refractivity contribution in [2.75, 3.05) is 0 Å². The van der Waals surface area contributed by atoms with E-state index in [4.69, 9.17) is 23.2 Å². The Labute approximate surface area is 137 Å². The molecule has 0 bridgehead atoms. The van der Waals surface area contributed by atoms with Gasteiger partial charge < -0.3 is 0 Å². The average Bonchev–Trinajstić information content (AvgIpc) is 2.77. The predicted octanol–water partition coefficient (Wildman–Crippen LogP) is 3.70. The van der Waals surface area contributed by atoms with Crippen LogP contribution in [0, 0.1) is 6.92 Å². The van der Waals surface area contributed by atoms with E-state index in [9.17, 15) is 4.79 Å². The lowest BCUT2D eigenvalue weighted by Crippen LogP contribution is -2.24. The molecule has 0 N–H and O–H groups in total. The number of rotatable bonds is 3. The van der Waals surface area contributed by atoms with Gasteiger partial charge >= 0.3 is 5.69 Å². The molecule has 0 amide bonds. The third kappa shape index (κ3) is 2.80. The molecular weight excluding hydrogens is 321 g/mol. The summed E-state index contributed by atoms with van der Waals surface area (Å²) in [5, 5.41) is 5.49. The highest BCUT2D eigenvalue weighted by Crippen LogP contribution is 2.19. The van der Waals surface area contributed by atoms with Crippen LogP contribution >= 0.6 is 23.2 Å². The summed E-state index contributed by atoms with van der Waals surface area (Å²) in [6.45, 7) is 2.16. The van der Waals surface area contributed by atoms with Gasteiger partial charge in [0.05, 0.1) is 17.3 Å². The first-order chi connectivity index (χ1) is 10.6. The first-order valence-electron chi connectivity index (χ1n) is 6.72. The molecule has 0 saturated heterocycles. The summed E-state index contributed by atoms with van der Waals surface area (Å²) in [5.41, 5.74) is 1.37. The third-order valence-electron chi connectivity index (χ3n) is 3.34. The van der Waals surface area contributed by atoms with Gasteiger partial charge in [0.25, 0.3) is 0 Å². The fourth-order valence-corrected chi connectivity index (χ4v) is 2.64. The fourth-order valence-electron chi connectivity index (χ4n) is 2.29. The van der Waals surface area contributed by atoms with Crippen LogP contribution in [0.5, 0.6) is 0 Å². The standard InChI is InChI=1S/C16H13Cl2N3O/c1-11-19-20(10-12-6-8-13(17)9-7-12)16(22)21(11)15-5-3-2-4-14(15)18/h2-9H,10H2,1H3. The molecule has 6 heteroatoms. The van der Waals surface area contributed by atoms with Crippen molar-refractivity contribution in [2.24, 2.45) is 0 Å². The maximum absolute atomic E-state index is 12.6. The summed E-state index contributed by atoms with van der Waals surface area (Å²) in [7, 11) is 0. The van der Waals surface area contributed by atoms with Crippen molar-refractivity contribution in [1.29, 1.82) is 0 Å². The maximum Gasteiger partial charge on any atom is 0.350 e. The van der Waals surface area contributed by atoms with E-state index in [-0.39, 0.29) is 5.69 Å². The van der Waals surface area contributed by atoms with Crippen molar-refractivity contribution in [3.8, 4) is 5.69 Å². The normalized spacial score (nSPS) is 10.9. The van der Waals surface area contributed by atoms with Crippen molar-refractivity contribution in [3.05, 3.63) is 80.4 Å². The Balaban J connectivity index is 2.02. The van der Waals surface area contributed by atoms with E-state index in [1.54, 1.807) is 31.2 Å². The minimum Gasteiger partial charge on any atom is -0.246 e. The molecule has 1 aromatic heterocycles. The molecule has 0 unspecified atom stereocenters. The number of hydrogen-bond acceptors (Lipinski definition) is 2. The highest BCUT2D eigenvalue weighted by Gasteiger charge is 2.14. The molecule has 22 heavy (non-hydrogen) atoms. The smallest absolute Gasteiger partial charge is 0.246 e. The van der Waals surface area contributed by atoms with Crippen molar-refractivity contribution in [3.63, 3.8) is 0 Å². The number of nitrogens with zero attached hydrogens (tertiary/aromatic N) is 3. The minimum absolute atomic E-state index is 0.222. The topological polar surface area (TPSA) is 39.8 Å². The summed E-state index contributed by atoms with van der Waals surface area (Å²) < 4.78 is 2.93. The van der Waals surface area contributed by atoms with E-state index in [0.29, 0.717) is 28.1 Å². The lowest BCUT2D eigenvalue weighted by Gasteiger charge is -2.04. The molecule has 0 fully saturated rings. The van der Waals surface area contributed by atoms with Gasteiger partial charge in [-0.1, -0.05) is 47.5 Å². The van der Waals surface area contributed by atoms with Gasteiger partial charge in [0.1, 0.15) is 5.82 Å². The van der Waals surface area contributed by atoms with E-state index in [2.05, 4.69) is 5.10 Å². The zero-order valence-electron chi connectivity index (χ0n) is 11.8. The van der Waals surface area contributed by atoms with Gasteiger partial charge in [0.15, 0.2) is 0 Å². The second-order valence-corrected chi connectivity index (χ2v) is 5.74. The van der Waals surface area contributed by atoms with E-state index < -0.39 is 0 Å². The molecule has 0 saturated carbocycles. The number of aromatic nitrogens is 3. The largest absolute Gasteiger partial charge is 0.350 e. The third-order valence-corrected chi connectivity index (χ3v) is 3.91. The van der Waals surface area contributed by atoms with Gasteiger partial charge in [0, 0.05) is 5.02 Å². The highest BCUT2D eigenvalue weighted by molar-refractivity contribution is 6.32. The monoisotopic (exact) mass is 333 g/mol. The van der Waals surface area contributed by atoms with Crippen LogP contribution < -0.4 is 5.69 Å². The minimum atomic E-state index is -0.222. The van der Waals surface area contributed by atoms with Crippen LogP contribution in [0.2, 0.25) is 10.0 Å². The summed E-state index contributed by atoms with van der Waals surface area (Å²) in [4.78, 5) is 12.6. The Morgan fingerprint density at radius 1 is 1.05 bits per heavy atom. The number of benzene rings is 2. The van der Waals surface area contributed by atoms with Crippen LogP contribution in [0.3, 0.4) is 0 Å². The SMILES string of the molecule is Cc1nn(Cc2ccc(Cl)cc2)c(=O)n1-c1ccccc1Cl. The zero-order chi connectivity index (χ0) is 15.7. The second-order valence-electron chi connectivity index (χ2n) is 4.90. The molecule has 4 nitrogen and oxygen atoms in total. The molecule has 0 radical (unpaired) electrons. The van der Waals surface area contributed by atoms with Gasteiger partial charge in [-0.3, -0.25) is 0 Å². The first kappa shape index (κ1) is 14.9. The van der Waals surface area contributed by atoms with Gasteiger partial charge in [-0.05, 0) is 36.8 Å².